The van der Waals surface area contributed by atoms with E-state index in [1.165, 1.54) is 18.4 Å². The minimum atomic E-state index is -0.384. The van der Waals surface area contributed by atoms with Crippen LogP contribution in [0.15, 0.2) is 21.1 Å². The first-order valence-corrected chi connectivity index (χ1v) is 8.22. The van der Waals surface area contributed by atoms with E-state index in [0.717, 1.165) is 14.6 Å². The second kappa shape index (κ2) is 6.76. The number of nitrogens with zero attached hydrogens (tertiary/aromatic N) is 1. The van der Waals surface area contributed by atoms with Gasteiger partial charge in [-0.05, 0) is 44.8 Å². The van der Waals surface area contributed by atoms with Crippen molar-refractivity contribution in [3.8, 4) is 5.75 Å². The summed E-state index contributed by atoms with van der Waals surface area (Å²) in [6, 6.07) is 3.71. The van der Waals surface area contributed by atoms with Gasteiger partial charge in [-0.1, -0.05) is 11.3 Å². The number of esters is 1. The smallest absolute Gasteiger partial charge is 0.350 e. The molecule has 0 saturated heterocycles. The molecule has 8 heteroatoms. The van der Waals surface area contributed by atoms with Gasteiger partial charge in [0, 0.05) is 10.5 Å². The summed E-state index contributed by atoms with van der Waals surface area (Å²) in [5.41, 5.74) is 1.43. The highest BCUT2D eigenvalue weighted by Gasteiger charge is 2.16. The number of anilines is 2. The molecule has 5 nitrogen and oxygen atoms in total. The maximum Gasteiger partial charge on any atom is 0.350 e. The van der Waals surface area contributed by atoms with Crippen molar-refractivity contribution in [3.63, 3.8) is 0 Å². The zero-order chi connectivity index (χ0) is 15.6. The predicted octanol–water partition coefficient (Wildman–Crippen LogP) is 4.52. The minimum Gasteiger partial charge on any atom is -0.495 e. The Morgan fingerprint density at radius 3 is 2.62 bits per heavy atom. The zero-order valence-electron chi connectivity index (χ0n) is 11.5. The summed E-state index contributed by atoms with van der Waals surface area (Å²) in [5.74, 6) is 0.313. The van der Waals surface area contributed by atoms with Gasteiger partial charge in [0.2, 0.25) is 0 Å². The number of hydrogen-bond donors (Lipinski definition) is 1. The standard InChI is InChI=1S/C13H12Br2N2O3S/c1-6-11(12(18)20-3)21-13(16-6)17-9-5-10(19-2)8(15)4-7(9)14/h4-5H,1-3H3,(H,16,17). The fourth-order valence-corrected chi connectivity index (χ4v) is 3.78. The molecule has 1 aromatic carbocycles. The molecule has 0 spiro atoms. The van der Waals surface area contributed by atoms with Crippen LogP contribution in [0, 0.1) is 6.92 Å². The Labute approximate surface area is 142 Å². The highest BCUT2D eigenvalue weighted by molar-refractivity contribution is 9.11. The molecule has 1 aromatic heterocycles. The van der Waals surface area contributed by atoms with Gasteiger partial charge in [0.05, 0.1) is 30.1 Å². The van der Waals surface area contributed by atoms with Crippen molar-refractivity contribution in [3.05, 3.63) is 31.6 Å². The molecule has 0 aliphatic heterocycles. The lowest BCUT2D eigenvalue weighted by Gasteiger charge is -2.09. The summed E-state index contributed by atoms with van der Waals surface area (Å²) in [6.07, 6.45) is 0. The first-order chi connectivity index (χ1) is 9.96. The fourth-order valence-electron chi connectivity index (χ4n) is 1.63. The van der Waals surface area contributed by atoms with E-state index in [-0.39, 0.29) is 5.97 Å². The predicted molar refractivity (Wildman–Crippen MR) is 89.9 cm³/mol. The molecule has 112 valence electrons. The lowest BCUT2D eigenvalue weighted by Crippen LogP contribution is -1.99. The Balaban J connectivity index is 2.32. The van der Waals surface area contributed by atoms with Crippen LogP contribution in [0.2, 0.25) is 0 Å². The van der Waals surface area contributed by atoms with E-state index < -0.39 is 0 Å². The van der Waals surface area contributed by atoms with Crippen LogP contribution >= 0.6 is 43.2 Å². The molecule has 0 atom stereocenters. The van der Waals surface area contributed by atoms with Crippen molar-refractivity contribution in [2.24, 2.45) is 0 Å². The number of thiazole rings is 1. The number of rotatable bonds is 4. The van der Waals surface area contributed by atoms with Crippen molar-refractivity contribution in [2.45, 2.75) is 6.92 Å². The molecule has 1 heterocycles. The molecule has 0 aliphatic rings. The number of ether oxygens (including phenoxy) is 2. The molecule has 0 bridgehead atoms. The first kappa shape index (κ1) is 16.3. The minimum absolute atomic E-state index is 0.384. The second-order valence-corrected chi connectivity index (χ2v) is 6.72. The highest BCUT2D eigenvalue weighted by atomic mass is 79.9. The number of carbonyl (C=O) groups excluding carboxylic acids is 1. The molecule has 2 rings (SSSR count). The highest BCUT2D eigenvalue weighted by Crippen LogP contribution is 2.37. The van der Waals surface area contributed by atoms with Gasteiger partial charge in [0.15, 0.2) is 5.13 Å². The maximum atomic E-state index is 11.6. The summed E-state index contributed by atoms with van der Waals surface area (Å²) in [6.45, 7) is 1.77. The van der Waals surface area contributed by atoms with Crippen molar-refractivity contribution >= 4 is 60.0 Å². The van der Waals surface area contributed by atoms with Crippen molar-refractivity contribution in [1.82, 2.24) is 4.98 Å². The van der Waals surface area contributed by atoms with E-state index in [1.54, 1.807) is 14.0 Å². The molecule has 0 saturated carbocycles. The summed E-state index contributed by atoms with van der Waals surface area (Å²) in [7, 11) is 2.95. The van der Waals surface area contributed by atoms with Gasteiger partial charge >= 0.3 is 5.97 Å². The molecule has 0 amide bonds. The third-order valence-corrected chi connectivity index (χ3v) is 4.98. The van der Waals surface area contributed by atoms with Crippen LogP contribution in [-0.2, 0) is 4.74 Å². The van der Waals surface area contributed by atoms with Crippen LogP contribution in [0.1, 0.15) is 15.4 Å². The molecule has 2 aromatic rings. The number of aryl methyl sites for hydroxylation is 1. The lowest BCUT2D eigenvalue weighted by atomic mass is 10.3. The quantitative estimate of drug-likeness (QED) is 0.715. The average Bonchev–Trinajstić information content (AvgIpc) is 2.81. The summed E-state index contributed by atoms with van der Waals surface area (Å²) in [5, 5.41) is 3.78. The monoisotopic (exact) mass is 434 g/mol. The molecule has 21 heavy (non-hydrogen) atoms. The number of aromatic nitrogens is 1. The Bertz CT molecular complexity index is 688. The third kappa shape index (κ3) is 3.56. The Morgan fingerprint density at radius 2 is 2.00 bits per heavy atom. The molecular formula is C13H12Br2N2O3S. The zero-order valence-corrected chi connectivity index (χ0v) is 15.5. The van der Waals surface area contributed by atoms with Gasteiger partial charge in [0.25, 0.3) is 0 Å². The van der Waals surface area contributed by atoms with Gasteiger partial charge in [-0.3, -0.25) is 0 Å². The molecule has 0 unspecified atom stereocenters. The van der Waals surface area contributed by atoms with Crippen LogP contribution in [0.4, 0.5) is 10.8 Å². The van der Waals surface area contributed by atoms with E-state index in [4.69, 9.17) is 9.47 Å². The van der Waals surface area contributed by atoms with Crippen LogP contribution in [0.5, 0.6) is 5.75 Å². The van der Waals surface area contributed by atoms with Gasteiger partial charge in [-0.2, -0.15) is 0 Å². The number of halogens is 2. The van der Waals surface area contributed by atoms with Crippen LogP contribution in [-0.4, -0.2) is 25.2 Å². The van der Waals surface area contributed by atoms with Crippen molar-refractivity contribution < 1.29 is 14.3 Å². The van der Waals surface area contributed by atoms with E-state index in [1.807, 2.05) is 12.1 Å². The van der Waals surface area contributed by atoms with Gasteiger partial charge in [-0.15, -0.1) is 0 Å². The number of hydrogen-bond acceptors (Lipinski definition) is 6. The summed E-state index contributed by atoms with van der Waals surface area (Å²) in [4.78, 5) is 16.4. The van der Waals surface area contributed by atoms with E-state index in [0.29, 0.717) is 21.5 Å². The molecule has 0 radical (unpaired) electrons. The number of methoxy groups -OCH3 is 2. The first-order valence-electron chi connectivity index (χ1n) is 5.82. The van der Waals surface area contributed by atoms with Crippen LogP contribution in [0.25, 0.3) is 0 Å². The second-order valence-electron chi connectivity index (χ2n) is 4.02. The molecule has 0 fully saturated rings. The maximum absolute atomic E-state index is 11.6. The average molecular weight is 436 g/mol. The fraction of sp³-hybridized carbons (Fsp3) is 0.231. The van der Waals surface area contributed by atoms with E-state index in [9.17, 15) is 4.79 Å². The molecule has 0 aliphatic carbocycles. The number of benzene rings is 1. The Hall–Kier alpha value is -1.12. The Morgan fingerprint density at radius 1 is 1.29 bits per heavy atom. The van der Waals surface area contributed by atoms with Crippen molar-refractivity contribution in [1.29, 1.82) is 0 Å². The Kier molecular flexibility index (Phi) is 5.23. The molecule has 1 N–H and O–H groups in total. The van der Waals surface area contributed by atoms with Gasteiger partial charge in [0.1, 0.15) is 10.6 Å². The summed E-state index contributed by atoms with van der Waals surface area (Å²) >= 11 is 8.13. The normalized spacial score (nSPS) is 10.3. The summed E-state index contributed by atoms with van der Waals surface area (Å²) < 4.78 is 11.7. The van der Waals surface area contributed by atoms with E-state index in [2.05, 4.69) is 42.2 Å². The molecular weight excluding hydrogens is 424 g/mol. The third-order valence-electron chi connectivity index (χ3n) is 2.65. The van der Waals surface area contributed by atoms with Gasteiger partial charge in [-0.25, -0.2) is 9.78 Å². The lowest BCUT2D eigenvalue weighted by molar-refractivity contribution is 0.0605. The number of carbonyl (C=O) groups is 1. The largest absolute Gasteiger partial charge is 0.495 e. The number of nitrogens with one attached hydrogen (secondary N) is 1. The van der Waals surface area contributed by atoms with E-state index >= 15 is 0 Å². The SMILES string of the molecule is COC(=O)c1sc(Nc2cc(OC)c(Br)cc2Br)nc1C. The topological polar surface area (TPSA) is 60.5 Å². The van der Waals surface area contributed by atoms with Crippen molar-refractivity contribution in [2.75, 3.05) is 19.5 Å². The van der Waals surface area contributed by atoms with Crippen LogP contribution < -0.4 is 10.1 Å². The van der Waals surface area contributed by atoms with Gasteiger partial charge < -0.3 is 14.8 Å². The van der Waals surface area contributed by atoms with Crippen LogP contribution in [0.3, 0.4) is 0 Å².